The molecule has 104 valence electrons. The first kappa shape index (κ1) is 15.5. The molecule has 0 fully saturated rings. The Morgan fingerprint density at radius 3 is 2.63 bits per heavy atom. The monoisotopic (exact) mass is 283 g/mol. The fraction of sp³-hybridized carbons (Fsp3) is 0.385. The van der Waals surface area contributed by atoms with Gasteiger partial charge >= 0.3 is 5.97 Å². The molecule has 0 heterocycles. The average molecular weight is 283 g/mol. The van der Waals surface area contributed by atoms with Crippen molar-refractivity contribution in [1.29, 1.82) is 0 Å². The van der Waals surface area contributed by atoms with Crippen LogP contribution in [0.25, 0.3) is 0 Å². The van der Waals surface area contributed by atoms with Gasteiger partial charge in [0.1, 0.15) is 6.04 Å². The van der Waals surface area contributed by atoms with Gasteiger partial charge in [-0.25, -0.2) is 4.79 Å². The number of carboxylic acid groups (broad SMARTS) is 1. The quantitative estimate of drug-likeness (QED) is 0.685. The van der Waals surface area contributed by atoms with E-state index in [0.29, 0.717) is 5.56 Å². The first-order valence-corrected chi connectivity index (χ1v) is 7.01. The molecule has 1 unspecified atom stereocenters. The zero-order chi connectivity index (χ0) is 14.4. The highest BCUT2D eigenvalue weighted by Gasteiger charge is 2.20. The van der Waals surface area contributed by atoms with Gasteiger partial charge in [-0.2, -0.15) is 0 Å². The van der Waals surface area contributed by atoms with Crippen molar-refractivity contribution in [2.45, 2.75) is 24.3 Å². The molecule has 0 aromatic heterocycles. The molecule has 0 spiro atoms. The van der Waals surface area contributed by atoms with E-state index >= 15 is 0 Å². The summed E-state index contributed by atoms with van der Waals surface area (Å²) in [7, 11) is 0. The molecule has 1 aromatic rings. The summed E-state index contributed by atoms with van der Waals surface area (Å²) in [5.41, 5.74) is 1.24. The van der Waals surface area contributed by atoms with Gasteiger partial charge in [0.05, 0.1) is 0 Å². The van der Waals surface area contributed by atoms with Crippen LogP contribution in [0.4, 0.5) is 0 Å². The smallest absolute Gasteiger partial charge is 0.326 e. The minimum absolute atomic E-state index is 0.0116. The lowest BCUT2D eigenvalue weighted by Gasteiger charge is -2.14. The van der Waals surface area contributed by atoms with Crippen molar-refractivity contribution in [3.63, 3.8) is 0 Å². The van der Waals surface area contributed by atoms with E-state index in [1.54, 1.807) is 13.0 Å². The molecule has 0 radical (unpaired) electrons. The van der Waals surface area contributed by atoms with Gasteiger partial charge in [-0.3, -0.25) is 4.79 Å². The molecule has 3 N–H and O–H groups in total. The molecule has 1 aromatic carbocycles. The molecule has 0 bridgehead atoms. The van der Waals surface area contributed by atoms with E-state index in [2.05, 4.69) is 5.32 Å². The van der Waals surface area contributed by atoms with Crippen LogP contribution in [-0.2, 0) is 4.79 Å². The number of nitrogens with one attached hydrogen (secondary N) is 1. The summed E-state index contributed by atoms with van der Waals surface area (Å²) in [5.74, 6) is -1.59. The number of rotatable bonds is 6. The van der Waals surface area contributed by atoms with Gasteiger partial charge in [0.15, 0.2) is 0 Å². The van der Waals surface area contributed by atoms with E-state index < -0.39 is 17.9 Å². The molecule has 5 nitrogen and oxygen atoms in total. The van der Waals surface area contributed by atoms with Crippen LogP contribution in [-0.4, -0.2) is 41.0 Å². The highest BCUT2D eigenvalue weighted by Crippen LogP contribution is 2.19. The van der Waals surface area contributed by atoms with Gasteiger partial charge in [0.25, 0.3) is 5.91 Å². The maximum Gasteiger partial charge on any atom is 0.326 e. The van der Waals surface area contributed by atoms with E-state index in [-0.39, 0.29) is 13.0 Å². The molecule has 0 aliphatic rings. The molecule has 1 amide bonds. The number of aliphatic hydroxyl groups excluding tert-OH is 1. The van der Waals surface area contributed by atoms with Crippen LogP contribution < -0.4 is 5.32 Å². The minimum Gasteiger partial charge on any atom is -0.480 e. The average Bonchev–Trinajstić information content (AvgIpc) is 2.38. The number of aliphatic hydroxyl groups is 1. The van der Waals surface area contributed by atoms with Gasteiger partial charge in [-0.15, -0.1) is 11.8 Å². The van der Waals surface area contributed by atoms with E-state index in [1.807, 2.05) is 18.4 Å². The number of carbonyl (C=O) groups excluding carboxylic acids is 1. The van der Waals surface area contributed by atoms with Gasteiger partial charge < -0.3 is 15.5 Å². The van der Waals surface area contributed by atoms with E-state index in [4.69, 9.17) is 10.2 Å². The Bertz CT molecular complexity index is 476. The third-order valence-electron chi connectivity index (χ3n) is 2.71. The SMILES string of the molecule is CSc1ccc(C)c(C(=O)NC(CCO)C(=O)O)c1. The van der Waals surface area contributed by atoms with E-state index in [1.165, 1.54) is 11.8 Å². The van der Waals surface area contributed by atoms with Crippen LogP contribution in [0.3, 0.4) is 0 Å². The molecule has 0 saturated heterocycles. The van der Waals surface area contributed by atoms with Crippen LogP contribution in [0.15, 0.2) is 23.1 Å². The van der Waals surface area contributed by atoms with E-state index in [9.17, 15) is 9.59 Å². The van der Waals surface area contributed by atoms with Gasteiger partial charge in [-0.1, -0.05) is 6.07 Å². The number of amides is 1. The summed E-state index contributed by atoms with van der Waals surface area (Å²) >= 11 is 1.51. The lowest BCUT2D eigenvalue weighted by Crippen LogP contribution is -2.41. The summed E-state index contributed by atoms with van der Waals surface area (Å²) in [6.07, 6.45) is 1.89. The predicted octanol–water partition coefficient (Wildman–Crippen LogP) is 1.28. The van der Waals surface area contributed by atoms with Gasteiger partial charge in [-0.05, 0) is 30.9 Å². The molecule has 0 aliphatic heterocycles. The zero-order valence-electron chi connectivity index (χ0n) is 10.8. The zero-order valence-corrected chi connectivity index (χ0v) is 11.7. The number of carbonyl (C=O) groups is 2. The second-order valence-electron chi connectivity index (χ2n) is 4.06. The fourth-order valence-electron chi connectivity index (χ4n) is 1.60. The summed E-state index contributed by atoms with van der Waals surface area (Å²) in [6.45, 7) is 1.50. The van der Waals surface area contributed by atoms with Crippen molar-refractivity contribution in [2.24, 2.45) is 0 Å². The molecule has 0 saturated carbocycles. The highest BCUT2D eigenvalue weighted by atomic mass is 32.2. The normalized spacial score (nSPS) is 11.9. The van der Waals surface area contributed by atoms with Crippen molar-refractivity contribution < 1.29 is 19.8 Å². The van der Waals surface area contributed by atoms with Crippen LogP contribution >= 0.6 is 11.8 Å². The van der Waals surface area contributed by atoms with Crippen molar-refractivity contribution in [3.8, 4) is 0 Å². The predicted molar refractivity (Wildman–Crippen MR) is 73.6 cm³/mol. The van der Waals surface area contributed by atoms with Crippen LogP contribution in [0, 0.1) is 6.92 Å². The Kier molecular flexibility index (Phi) is 5.85. The lowest BCUT2D eigenvalue weighted by atomic mass is 10.1. The second kappa shape index (κ2) is 7.16. The first-order chi connectivity index (χ1) is 8.99. The summed E-state index contributed by atoms with van der Waals surface area (Å²) < 4.78 is 0. The standard InChI is InChI=1S/C13H17NO4S/c1-8-3-4-9(19-2)7-10(8)12(16)14-11(5-6-15)13(17)18/h3-4,7,11,15H,5-6H2,1-2H3,(H,14,16)(H,17,18). The molecule has 19 heavy (non-hydrogen) atoms. The third kappa shape index (κ3) is 4.25. The topological polar surface area (TPSA) is 86.6 Å². The van der Waals surface area contributed by atoms with Crippen LogP contribution in [0.2, 0.25) is 0 Å². The molecule has 1 rings (SSSR count). The number of hydrogen-bond donors (Lipinski definition) is 3. The van der Waals surface area contributed by atoms with Crippen molar-refractivity contribution in [1.82, 2.24) is 5.32 Å². The Labute approximate surface area is 116 Å². The van der Waals surface area contributed by atoms with E-state index in [0.717, 1.165) is 10.5 Å². The summed E-state index contributed by atoms with van der Waals surface area (Å²) in [6, 6.07) is 4.38. The molecule has 6 heteroatoms. The minimum atomic E-state index is -1.15. The number of benzene rings is 1. The van der Waals surface area contributed by atoms with Crippen molar-refractivity contribution in [2.75, 3.05) is 12.9 Å². The largest absolute Gasteiger partial charge is 0.480 e. The first-order valence-electron chi connectivity index (χ1n) is 5.78. The second-order valence-corrected chi connectivity index (χ2v) is 4.94. The van der Waals surface area contributed by atoms with Crippen LogP contribution in [0.5, 0.6) is 0 Å². The maximum atomic E-state index is 12.1. The summed E-state index contributed by atoms with van der Waals surface area (Å²) in [5, 5.41) is 20.1. The molecular formula is C13H17NO4S. The Balaban J connectivity index is 2.90. The van der Waals surface area contributed by atoms with Gasteiger partial charge in [0, 0.05) is 23.5 Å². The van der Waals surface area contributed by atoms with Gasteiger partial charge in [0.2, 0.25) is 0 Å². The van der Waals surface area contributed by atoms with Crippen molar-refractivity contribution >= 4 is 23.6 Å². The Morgan fingerprint density at radius 2 is 2.11 bits per heavy atom. The molecule has 0 aliphatic carbocycles. The Hall–Kier alpha value is -1.53. The highest BCUT2D eigenvalue weighted by molar-refractivity contribution is 7.98. The summed E-state index contributed by atoms with van der Waals surface area (Å²) in [4.78, 5) is 23.9. The van der Waals surface area contributed by atoms with Crippen molar-refractivity contribution in [3.05, 3.63) is 29.3 Å². The molecular weight excluding hydrogens is 266 g/mol. The number of aryl methyl sites for hydroxylation is 1. The number of aliphatic carboxylic acids is 1. The number of thioether (sulfide) groups is 1. The fourth-order valence-corrected chi connectivity index (χ4v) is 2.04. The number of hydrogen-bond acceptors (Lipinski definition) is 4. The van der Waals surface area contributed by atoms with Crippen LogP contribution in [0.1, 0.15) is 22.3 Å². The third-order valence-corrected chi connectivity index (χ3v) is 3.44. The molecule has 1 atom stereocenters. The maximum absolute atomic E-state index is 12.1. The Morgan fingerprint density at radius 1 is 1.42 bits per heavy atom. The number of carboxylic acids is 1. The lowest BCUT2D eigenvalue weighted by molar-refractivity contribution is -0.139.